The smallest absolute Gasteiger partial charge is 0.344 e. The summed E-state index contributed by atoms with van der Waals surface area (Å²) < 4.78 is 54.5. The Morgan fingerprint density at radius 2 is 2.03 bits per heavy atom. The van der Waals surface area contributed by atoms with Crippen LogP contribution in [-0.2, 0) is 12.7 Å². The van der Waals surface area contributed by atoms with Crippen molar-refractivity contribution in [2.24, 2.45) is 0 Å². The summed E-state index contributed by atoms with van der Waals surface area (Å²) in [5, 5.41) is 16.1. The monoisotopic (exact) mass is 429 g/mol. The number of nitriles is 1. The zero-order chi connectivity index (χ0) is 22.3. The third-order valence-corrected chi connectivity index (χ3v) is 4.99. The Balaban J connectivity index is 1.61. The van der Waals surface area contributed by atoms with Crippen molar-refractivity contribution < 1.29 is 22.4 Å². The highest BCUT2D eigenvalue weighted by atomic mass is 19.4. The van der Waals surface area contributed by atoms with Crippen molar-refractivity contribution in [2.45, 2.75) is 32.1 Å². The molecule has 0 bridgehead atoms. The number of benzene rings is 1. The molecule has 10 heteroatoms. The van der Waals surface area contributed by atoms with Gasteiger partial charge in [-0.15, -0.1) is 0 Å². The van der Waals surface area contributed by atoms with E-state index in [1.54, 1.807) is 19.1 Å². The molecule has 0 spiro atoms. The lowest BCUT2D eigenvalue weighted by molar-refractivity contribution is -0.141. The van der Waals surface area contributed by atoms with Gasteiger partial charge in [-0.1, -0.05) is 0 Å². The number of alkyl halides is 3. The average molecular weight is 429 g/mol. The number of hydrogen-bond acceptors (Lipinski definition) is 4. The quantitative estimate of drug-likeness (QED) is 0.634. The molecule has 3 aromatic rings. The number of carbonyl (C=O) groups is 1. The first-order valence-electron chi connectivity index (χ1n) is 9.29. The normalized spacial score (nSPS) is 15.4. The van der Waals surface area contributed by atoms with E-state index >= 15 is 0 Å². The average Bonchev–Trinajstić information content (AvgIpc) is 3.28. The fourth-order valence-corrected chi connectivity index (χ4v) is 3.58. The van der Waals surface area contributed by atoms with Gasteiger partial charge >= 0.3 is 6.18 Å². The van der Waals surface area contributed by atoms with E-state index in [1.807, 2.05) is 6.07 Å². The fraction of sp³-hybridized carbons (Fsp3) is 0.238. The number of nitrogens with one attached hydrogen (secondary N) is 1. The lowest BCUT2D eigenvalue weighted by atomic mass is 10.1. The third kappa shape index (κ3) is 3.99. The third-order valence-electron chi connectivity index (χ3n) is 4.99. The highest BCUT2D eigenvalue weighted by Gasteiger charge is 2.34. The second-order valence-electron chi connectivity index (χ2n) is 7.24. The molecule has 3 heterocycles. The molecule has 1 aliphatic heterocycles. The Kier molecular flexibility index (Phi) is 4.97. The highest BCUT2D eigenvalue weighted by molar-refractivity contribution is 5.95. The molecule has 0 fully saturated rings. The minimum Gasteiger partial charge on any atom is -0.344 e. The molecule has 1 unspecified atom stereocenters. The molecule has 0 saturated heterocycles. The van der Waals surface area contributed by atoms with E-state index in [0.717, 1.165) is 5.56 Å². The van der Waals surface area contributed by atoms with Crippen LogP contribution in [0.5, 0.6) is 0 Å². The zero-order valence-electron chi connectivity index (χ0n) is 16.2. The Labute approximate surface area is 174 Å². The van der Waals surface area contributed by atoms with Gasteiger partial charge in [0.1, 0.15) is 5.69 Å². The SMILES string of the molecule is Cc1cc(C#N)cc(C(=O)NC2CCn3nc(-c4cc(C(F)(F)F)ncc4F)cc32)c1. The number of rotatable bonds is 3. The molecular weight excluding hydrogens is 414 g/mol. The molecule has 1 aliphatic rings. The number of carbonyl (C=O) groups excluding carboxylic acids is 1. The molecule has 0 radical (unpaired) electrons. The van der Waals surface area contributed by atoms with Gasteiger partial charge in [0.2, 0.25) is 0 Å². The van der Waals surface area contributed by atoms with Crippen molar-refractivity contribution in [2.75, 3.05) is 0 Å². The second kappa shape index (κ2) is 7.50. The Bertz CT molecular complexity index is 1230. The van der Waals surface area contributed by atoms with Crippen molar-refractivity contribution in [3.05, 3.63) is 70.4 Å². The molecule has 4 rings (SSSR count). The van der Waals surface area contributed by atoms with Gasteiger partial charge in [0.05, 0.1) is 35.3 Å². The molecule has 0 saturated carbocycles. The van der Waals surface area contributed by atoms with E-state index in [4.69, 9.17) is 5.26 Å². The number of nitrogens with zero attached hydrogens (tertiary/aromatic N) is 4. The summed E-state index contributed by atoms with van der Waals surface area (Å²) in [6.45, 7) is 2.18. The number of aromatic nitrogens is 3. The van der Waals surface area contributed by atoms with Crippen LogP contribution in [-0.4, -0.2) is 20.7 Å². The Hall–Kier alpha value is -3.74. The first-order chi connectivity index (χ1) is 14.7. The van der Waals surface area contributed by atoms with Crippen LogP contribution in [0.3, 0.4) is 0 Å². The van der Waals surface area contributed by atoms with Crippen LogP contribution in [0.15, 0.2) is 36.5 Å². The van der Waals surface area contributed by atoms with Crippen LogP contribution in [0, 0.1) is 24.1 Å². The van der Waals surface area contributed by atoms with E-state index in [0.29, 0.717) is 42.0 Å². The largest absolute Gasteiger partial charge is 0.433 e. The summed E-state index contributed by atoms with van der Waals surface area (Å²) in [4.78, 5) is 15.8. The summed E-state index contributed by atoms with van der Waals surface area (Å²) >= 11 is 0. The predicted octanol–water partition coefficient (Wildman–Crippen LogP) is 4.16. The van der Waals surface area contributed by atoms with Crippen molar-refractivity contribution in [1.82, 2.24) is 20.1 Å². The van der Waals surface area contributed by atoms with Crippen molar-refractivity contribution >= 4 is 5.91 Å². The first kappa shape index (κ1) is 20.5. The van der Waals surface area contributed by atoms with Gasteiger partial charge in [-0.3, -0.25) is 9.48 Å². The van der Waals surface area contributed by atoms with Gasteiger partial charge in [0.25, 0.3) is 5.91 Å². The zero-order valence-corrected chi connectivity index (χ0v) is 16.2. The molecule has 158 valence electrons. The molecule has 1 N–H and O–H groups in total. The van der Waals surface area contributed by atoms with Crippen LogP contribution in [0.2, 0.25) is 0 Å². The number of aryl methyl sites for hydroxylation is 2. The second-order valence-corrected chi connectivity index (χ2v) is 7.24. The minimum absolute atomic E-state index is 0.0293. The lowest BCUT2D eigenvalue weighted by Gasteiger charge is -2.12. The van der Waals surface area contributed by atoms with Crippen LogP contribution < -0.4 is 5.32 Å². The van der Waals surface area contributed by atoms with Gasteiger partial charge in [0, 0.05) is 17.7 Å². The maximum atomic E-state index is 14.2. The molecule has 2 aromatic heterocycles. The van der Waals surface area contributed by atoms with Gasteiger partial charge in [-0.2, -0.15) is 23.5 Å². The first-order valence-corrected chi connectivity index (χ1v) is 9.29. The van der Waals surface area contributed by atoms with Crippen molar-refractivity contribution in [1.29, 1.82) is 5.26 Å². The van der Waals surface area contributed by atoms with Gasteiger partial charge in [-0.25, -0.2) is 9.37 Å². The molecule has 1 aromatic carbocycles. The summed E-state index contributed by atoms with van der Waals surface area (Å²) in [7, 11) is 0. The van der Waals surface area contributed by atoms with Gasteiger partial charge < -0.3 is 5.32 Å². The number of pyridine rings is 1. The van der Waals surface area contributed by atoms with E-state index < -0.39 is 29.6 Å². The molecule has 1 atom stereocenters. The van der Waals surface area contributed by atoms with Crippen molar-refractivity contribution in [3.63, 3.8) is 0 Å². The number of amides is 1. The molecule has 6 nitrogen and oxygen atoms in total. The Morgan fingerprint density at radius 1 is 1.26 bits per heavy atom. The van der Waals surface area contributed by atoms with Crippen LogP contribution in [0.4, 0.5) is 17.6 Å². The van der Waals surface area contributed by atoms with Crippen LogP contribution >= 0.6 is 0 Å². The van der Waals surface area contributed by atoms with E-state index in [9.17, 15) is 22.4 Å². The number of halogens is 4. The molecule has 0 aliphatic carbocycles. The molecule has 31 heavy (non-hydrogen) atoms. The lowest BCUT2D eigenvalue weighted by Crippen LogP contribution is -2.27. The maximum Gasteiger partial charge on any atom is 0.433 e. The highest BCUT2D eigenvalue weighted by Crippen LogP contribution is 2.34. The van der Waals surface area contributed by atoms with Crippen LogP contribution in [0.1, 0.15) is 45.3 Å². The molecular formula is C21H15F4N5O. The Morgan fingerprint density at radius 3 is 2.74 bits per heavy atom. The van der Waals surface area contributed by atoms with Gasteiger partial charge in [-0.05, 0) is 49.2 Å². The molecule has 1 amide bonds. The standard InChI is InChI=1S/C21H15F4N5O/c1-11-4-12(9-26)6-13(5-11)20(31)28-16-2-3-30-18(16)8-17(29-30)14-7-19(21(23,24)25)27-10-15(14)22/h4-8,10,16H,2-3H2,1H3,(H,28,31). The summed E-state index contributed by atoms with van der Waals surface area (Å²) in [5.74, 6) is -1.31. The maximum absolute atomic E-state index is 14.2. The fourth-order valence-electron chi connectivity index (χ4n) is 3.58. The van der Waals surface area contributed by atoms with Gasteiger partial charge in [0.15, 0.2) is 5.82 Å². The predicted molar refractivity (Wildman–Crippen MR) is 101 cm³/mol. The number of fused-ring (bicyclic) bond motifs is 1. The topological polar surface area (TPSA) is 83.6 Å². The van der Waals surface area contributed by atoms with Crippen LogP contribution in [0.25, 0.3) is 11.3 Å². The minimum atomic E-state index is -4.71. The summed E-state index contributed by atoms with van der Waals surface area (Å²) in [5.41, 5.74) is 0.503. The van der Waals surface area contributed by atoms with E-state index in [1.165, 1.54) is 16.8 Å². The summed E-state index contributed by atoms with van der Waals surface area (Å²) in [6.07, 6.45) is -3.66. The number of hydrogen-bond donors (Lipinski definition) is 1. The van der Waals surface area contributed by atoms with E-state index in [-0.39, 0.29) is 11.3 Å². The van der Waals surface area contributed by atoms with Crippen molar-refractivity contribution in [3.8, 4) is 17.3 Å². The summed E-state index contributed by atoms with van der Waals surface area (Å²) in [6, 6.07) is 8.42. The van der Waals surface area contributed by atoms with E-state index in [2.05, 4.69) is 15.4 Å².